The summed E-state index contributed by atoms with van der Waals surface area (Å²) in [7, 11) is -3.69. The van der Waals surface area contributed by atoms with E-state index < -0.39 is 10.0 Å². The van der Waals surface area contributed by atoms with Gasteiger partial charge >= 0.3 is 0 Å². The van der Waals surface area contributed by atoms with E-state index >= 15 is 0 Å². The van der Waals surface area contributed by atoms with Crippen molar-refractivity contribution >= 4 is 38.3 Å². The van der Waals surface area contributed by atoms with Gasteiger partial charge in [0.05, 0.1) is 17.2 Å². The van der Waals surface area contributed by atoms with E-state index in [1.807, 2.05) is 19.1 Å². The molecule has 0 fully saturated rings. The van der Waals surface area contributed by atoms with Crippen LogP contribution in [-0.4, -0.2) is 13.5 Å². The van der Waals surface area contributed by atoms with Gasteiger partial charge in [-0.3, -0.25) is 4.72 Å². The summed E-state index contributed by atoms with van der Waals surface area (Å²) in [5, 5.41) is 9.26. The van der Waals surface area contributed by atoms with Crippen molar-refractivity contribution in [3.8, 4) is 0 Å². The maximum absolute atomic E-state index is 12.6. The van der Waals surface area contributed by atoms with Crippen molar-refractivity contribution in [3.05, 3.63) is 56.7 Å². The van der Waals surface area contributed by atoms with Gasteiger partial charge in [0, 0.05) is 3.57 Å². The normalized spacial score (nSPS) is 11.4. The molecule has 0 heterocycles. The first kappa shape index (κ1) is 16.3. The molecule has 4 nitrogen and oxygen atoms in total. The Morgan fingerprint density at radius 1 is 1.19 bits per heavy atom. The Morgan fingerprint density at radius 3 is 2.48 bits per heavy atom. The van der Waals surface area contributed by atoms with Gasteiger partial charge in [-0.15, -0.1) is 0 Å². The molecule has 0 aliphatic heterocycles. The first-order valence-corrected chi connectivity index (χ1v) is 8.89. The first-order chi connectivity index (χ1) is 9.85. The summed E-state index contributed by atoms with van der Waals surface area (Å²) in [6.45, 7) is 3.41. The lowest BCUT2D eigenvalue weighted by molar-refractivity contribution is 0.281. The molecule has 2 N–H and O–H groups in total. The van der Waals surface area contributed by atoms with Crippen molar-refractivity contribution < 1.29 is 13.5 Å². The van der Waals surface area contributed by atoms with Gasteiger partial charge in [0.1, 0.15) is 0 Å². The molecule has 21 heavy (non-hydrogen) atoms. The summed E-state index contributed by atoms with van der Waals surface area (Å²) < 4.78 is 28.6. The zero-order valence-electron chi connectivity index (χ0n) is 11.7. The lowest BCUT2D eigenvalue weighted by Gasteiger charge is -2.14. The number of para-hydroxylation sites is 1. The third kappa shape index (κ3) is 3.56. The largest absolute Gasteiger partial charge is 0.392 e. The number of sulfonamides is 1. The number of anilines is 1. The van der Waals surface area contributed by atoms with Gasteiger partial charge in [-0.25, -0.2) is 8.42 Å². The molecule has 112 valence electrons. The van der Waals surface area contributed by atoms with Crippen molar-refractivity contribution in [1.29, 1.82) is 0 Å². The standard InChI is InChI=1S/C15H16INO3S/c1-10-7-12(9-18)8-15(11(10)2)21(19,20)17-14-6-4-3-5-13(14)16/h3-8,17-18H,9H2,1-2H3. The molecular formula is C15H16INO3S. The Hall–Kier alpha value is -1.12. The van der Waals surface area contributed by atoms with Gasteiger partial charge < -0.3 is 5.11 Å². The molecule has 0 aromatic heterocycles. The maximum atomic E-state index is 12.6. The summed E-state index contributed by atoms with van der Waals surface area (Å²) in [5.41, 5.74) is 2.65. The molecule has 6 heteroatoms. The highest BCUT2D eigenvalue weighted by Crippen LogP contribution is 2.25. The number of rotatable bonds is 4. The molecule has 0 radical (unpaired) electrons. The minimum atomic E-state index is -3.69. The van der Waals surface area contributed by atoms with Gasteiger partial charge in [-0.05, 0) is 71.3 Å². The lowest BCUT2D eigenvalue weighted by atomic mass is 10.1. The van der Waals surface area contributed by atoms with Crippen molar-refractivity contribution in [1.82, 2.24) is 0 Å². The van der Waals surface area contributed by atoms with Crippen LogP contribution in [0.3, 0.4) is 0 Å². The molecular weight excluding hydrogens is 401 g/mol. The van der Waals surface area contributed by atoms with Gasteiger partial charge in [-0.1, -0.05) is 18.2 Å². The predicted octanol–water partition coefficient (Wildman–Crippen LogP) is 3.20. The van der Waals surface area contributed by atoms with Crippen LogP contribution in [-0.2, 0) is 16.6 Å². The van der Waals surface area contributed by atoms with Gasteiger partial charge in [-0.2, -0.15) is 0 Å². The van der Waals surface area contributed by atoms with Crippen LogP contribution in [0.5, 0.6) is 0 Å². The third-order valence-electron chi connectivity index (χ3n) is 3.27. The van der Waals surface area contributed by atoms with Crippen LogP contribution in [0.1, 0.15) is 16.7 Å². The molecule has 0 atom stereocenters. The van der Waals surface area contributed by atoms with Crippen LogP contribution in [0.4, 0.5) is 5.69 Å². The first-order valence-electron chi connectivity index (χ1n) is 6.33. The molecule has 0 unspecified atom stereocenters. The molecule has 2 aromatic carbocycles. The lowest BCUT2D eigenvalue weighted by Crippen LogP contribution is -2.16. The number of benzene rings is 2. The third-order valence-corrected chi connectivity index (χ3v) is 5.70. The van der Waals surface area contributed by atoms with Gasteiger partial charge in [0.2, 0.25) is 0 Å². The van der Waals surface area contributed by atoms with E-state index in [4.69, 9.17) is 0 Å². The van der Waals surface area contributed by atoms with Gasteiger partial charge in [0.25, 0.3) is 10.0 Å². The summed E-state index contributed by atoms with van der Waals surface area (Å²) >= 11 is 2.08. The van der Waals surface area contributed by atoms with E-state index in [0.29, 0.717) is 16.8 Å². The number of halogens is 1. The molecule has 0 bridgehead atoms. The Bertz CT molecular complexity index is 772. The Morgan fingerprint density at radius 2 is 1.86 bits per heavy atom. The number of nitrogens with one attached hydrogen (secondary N) is 1. The van der Waals surface area contributed by atoms with E-state index in [1.165, 1.54) is 6.07 Å². The van der Waals surface area contributed by atoms with Crippen LogP contribution in [0.2, 0.25) is 0 Å². The monoisotopic (exact) mass is 417 g/mol. The van der Waals surface area contributed by atoms with Crippen molar-refractivity contribution in [2.45, 2.75) is 25.3 Å². The Labute approximate surface area is 138 Å². The summed E-state index contributed by atoms with van der Waals surface area (Å²) in [6, 6.07) is 10.5. The SMILES string of the molecule is Cc1cc(CO)cc(S(=O)(=O)Nc2ccccc2I)c1C. The van der Waals surface area contributed by atoms with Crippen molar-refractivity contribution in [3.63, 3.8) is 0 Å². The highest BCUT2D eigenvalue weighted by atomic mass is 127. The molecule has 2 aromatic rings. The van der Waals surface area contributed by atoms with Crippen LogP contribution < -0.4 is 4.72 Å². The second kappa shape index (κ2) is 6.33. The average Bonchev–Trinajstić information content (AvgIpc) is 2.43. The van der Waals surface area contributed by atoms with Gasteiger partial charge in [0.15, 0.2) is 0 Å². The minimum Gasteiger partial charge on any atom is -0.392 e. The Kier molecular flexibility index (Phi) is 4.90. The van der Waals surface area contributed by atoms with E-state index in [2.05, 4.69) is 27.3 Å². The zero-order chi connectivity index (χ0) is 15.6. The van der Waals surface area contributed by atoms with Crippen LogP contribution in [0.25, 0.3) is 0 Å². The summed E-state index contributed by atoms with van der Waals surface area (Å²) in [5.74, 6) is 0. The van der Waals surface area contributed by atoms with Crippen LogP contribution >= 0.6 is 22.6 Å². The molecule has 0 saturated carbocycles. The predicted molar refractivity (Wildman–Crippen MR) is 91.8 cm³/mol. The quantitative estimate of drug-likeness (QED) is 0.752. The van der Waals surface area contributed by atoms with Crippen molar-refractivity contribution in [2.75, 3.05) is 4.72 Å². The highest BCUT2D eigenvalue weighted by molar-refractivity contribution is 14.1. The van der Waals surface area contributed by atoms with Crippen molar-refractivity contribution in [2.24, 2.45) is 0 Å². The zero-order valence-corrected chi connectivity index (χ0v) is 14.7. The molecule has 0 amide bonds. The van der Waals surface area contributed by atoms with E-state index in [9.17, 15) is 13.5 Å². The maximum Gasteiger partial charge on any atom is 0.262 e. The van der Waals surface area contributed by atoms with E-state index in [1.54, 1.807) is 25.1 Å². The number of aryl methyl sites for hydroxylation is 1. The fourth-order valence-corrected chi connectivity index (χ4v) is 4.17. The topological polar surface area (TPSA) is 66.4 Å². The molecule has 2 rings (SSSR count). The molecule has 0 spiro atoms. The summed E-state index contributed by atoms with van der Waals surface area (Å²) in [6.07, 6.45) is 0. The molecule has 0 aliphatic rings. The highest BCUT2D eigenvalue weighted by Gasteiger charge is 2.19. The summed E-state index contributed by atoms with van der Waals surface area (Å²) in [4.78, 5) is 0.200. The van der Waals surface area contributed by atoms with Crippen LogP contribution in [0, 0.1) is 17.4 Å². The fraction of sp³-hybridized carbons (Fsp3) is 0.200. The number of hydrogen-bond acceptors (Lipinski definition) is 3. The number of hydrogen-bond donors (Lipinski definition) is 2. The van der Waals surface area contributed by atoms with E-state index in [0.717, 1.165) is 9.13 Å². The second-order valence-corrected chi connectivity index (χ2v) is 7.59. The van der Waals surface area contributed by atoms with E-state index in [-0.39, 0.29) is 11.5 Å². The number of aliphatic hydroxyl groups excluding tert-OH is 1. The number of aliphatic hydroxyl groups is 1. The molecule has 0 saturated heterocycles. The minimum absolute atomic E-state index is 0.188. The average molecular weight is 417 g/mol. The molecule has 0 aliphatic carbocycles. The van der Waals surface area contributed by atoms with Crippen LogP contribution in [0.15, 0.2) is 41.3 Å². The fourth-order valence-electron chi connectivity index (χ4n) is 2.01. The second-order valence-electron chi connectivity index (χ2n) is 4.78. The Balaban J connectivity index is 2.50. The smallest absolute Gasteiger partial charge is 0.262 e.